The fraction of sp³-hybridized carbons (Fsp3) is 0.600. The standard InChI is InChI=1S/C10H14O4/c1-4-14-9(12)8-6(2)10(3,13)5-7(8)11/h13H,4-5H2,1-3H3/t10-/m0/s1. The second-order valence-corrected chi connectivity index (χ2v) is 3.59. The first-order chi connectivity index (χ1) is 6.40. The summed E-state index contributed by atoms with van der Waals surface area (Å²) in [7, 11) is 0. The summed E-state index contributed by atoms with van der Waals surface area (Å²) in [6.07, 6.45) is -0.0347. The Morgan fingerprint density at radius 1 is 1.64 bits per heavy atom. The molecule has 0 radical (unpaired) electrons. The van der Waals surface area contributed by atoms with Crippen LogP contribution in [0.15, 0.2) is 11.1 Å². The fourth-order valence-electron chi connectivity index (χ4n) is 1.48. The quantitative estimate of drug-likeness (QED) is 0.521. The maximum atomic E-state index is 11.4. The van der Waals surface area contributed by atoms with Gasteiger partial charge < -0.3 is 9.84 Å². The Kier molecular flexibility index (Phi) is 2.76. The van der Waals surface area contributed by atoms with Gasteiger partial charge in [0, 0.05) is 6.42 Å². The Bertz CT molecular complexity index is 312. The van der Waals surface area contributed by atoms with E-state index in [4.69, 9.17) is 4.74 Å². The van der Waals surface area contributed by atoms with E-state index in [2.05, 4.69) is 0 Å². The molecule has 0 aromatic heterocycles. The van der Waals surface area contributed by atoms with Crippen LogP contribution in [0, 0.1) is 0 Å². The Hall–Kier alpha value is -1.16. The van der Waals surface area contributed by atoms with Crippen LogP contribution in [0.2, 0.25) is 0 Å². The molecule has 0 saturated heterocycles. The predicted octanol–water partition coefficient (Wildman–Crippen LogP) is 0.590. The number of esters is 1. The minimum Gasteiger partial charge on any atom is -0.462 e. The van der Waals surface area contributed by atoms with E-state index in [0.29, 0.717) is 5.57 Å². The summed E-state index contributed by atoms with van der Waals surface area (Å²) in [6, 6.07) is 0. The highest BCUT2D eigenvalue weighted by molar-refractivity contribution is 6.20. The van der Waals surface area contributed by atoms with Crippen molar-refractivity contribution >= 4 is 11.8 Å². The second kappa shape index (κ2) is 3.53. The summed E-state index contributed by atoms with van der Waals surface area (Å²) in [5.74, 6) is -0.973. The summed E-state index contributed by atoms with van der Waals surface area (Å²) >= 11 is 0. The molecular formula is C10H14O4. The highest BCUT2D eigenvalue weighted by Gasteiger charge is 2.41. The number of Topliss-reactive ketones (excluding diaryl/α,β-unsaturated/α-hetero) is 1. The van der Waals surface area contributed by atoms with Crippen LogP contribution in [-0.2, 0) is 14.3 Å². The molecule has 0 unspecified atom stereocenters. The van der Waals surface area contributed by atoms with Gasteiger partial charge in [-0.15, -0.1) is 0 Å². The third-order valence-electron chi connectivity index (χ3n) is 2.45. The number of ketones is 1. The third kappa shape index (κ3) is 1.70. The fourth-order valence-corrected chi connectivity index (χ4v) is 1.48. The molecule has 1 atom stereocenters. The lowest BCUT2D eigenvalue weighted by atomic mass is 9.99. The highest BCUT2D eigenvalue weighted by atomic mass is 16.5. The minimum atomic E-state index is -1.20. The first-order valence-corrected chi connectivity index (χ1v) is 4.54. The van der Waals surface area contributed by atoms with Gasteiger partial charge in [-0.2, -0.15) is 0 Å². The number of hydrogen-bond acceptors (Lipinski definition) is 4. The molecule has 78 valence electrons. The Morgan fingerprint density at radius 3 is 2.57 bits per heavy atom. The van der Waals surface area contributed by atoms with Crippen LogP contribution in [0.5, 0.6) is 0 Å². The molecule has 4 nitrogen and oxygen atoms in total. The monoisotopic (exact) mass is 198 g/mol. The Morgan fingerprint density at radius 2 is 2.21 bits per heavy atom. The molecule has 4 heteroatoms. The van der Waals surface area contributed by atoms with E-state index in [9.17, 15) is 14.7 Å². The lowest BCUT2D eigenvalue weighted by Crippen LogP contribution is -2.22. The lowest BCUT2D eigenvalue weighted by molar-refractivity contribution is -0.139. The number of carbonyl (C=O) groups excluding carboxylic acids is 2. The van der Waals surface area contributed by atoms with E-state index in [0.717, 1.165) is 0 Å². The highest BCUT2D eigenvalue weighted by Crippen LogP contribution is 2.32. The maximum Gasteiger partial charge on any atom is 0.341 e. The van der Waals surface area contributed by atoms with Gasteiger partial charge >= 0.3 is 5.97 Å². The van der Waals surface area contributed by atoms with E-state index in [-0.39, 0.29) is 24.4 Å². The van der Waals surface area contributed by atoms with Gasteiger partial charge in [0.2, 0.25) is 0 Å². The van der Waals surface area contributed by atoms with Crippen molar-refractivity contribution in [1.29, 1.82) is 0 Å². The smallest absolute Gasteiger partial charge is 0.341 e. The van der Waals surface area contributed by atoms with E-state index in [1.165, 1.54) is 6.92 Å². The van der Waals surface area contributed by atoms with Gasteiger partial charge in [-0.3, -0.25) is 4.79 Å². The molecule has 1 aliphatic rings. The van der Waals surface area contributed by atoms with Crippen LogP contribution in [0.4, 0.5) is 0 Å². The summed E-state index contributed by atoms with van der Waals surface area (Å²) in [6.45, 7) is 5.00. The molecule has 0 saturated carbocycles. The Labute approximate surface area is 82.6 Å². The van der Waals surface area contributed by atoms with Crippen molar-refractivity contribution < 1.29 is 19.4 Å². The molecule has 1 aliphatic carbocycles. The predicted molar refractivity (Wildman–Crippen MR) is 49.6 cm³/mol. The number of ether oxygens (including phenoxy) is 1. The van der Waals surface area contributed by atoms with Gasteiger partial charge in [0.25, 0.3) is 0 Å². The first kappa shape index (κ1) is 10.9. The largest absolute Gasteiger partial charge is 0.462 e. The zero-order valence-electron chi connectivity index (χ0n) is 8.59. The van der Waals surface area contributed by atoms with Gasteiger partial charge in [-0.1, -0.05) is 0 Å². The van der Waals surface area contributed by atoms with Crippen LogP contribution >= 0.6 is 0 Å². The van der Waals surface area contributed by atoms with Gasteiger partial charge in [0.05, 0.1) is 12.2 Å². The van der Waals surface area contributed by atoms with Gasteiger partial charge in [0.15, 0.2) is 5.78 Å². The number of rotatable bonds is 2. The maximum absolute atomic E-state index is 11.4. The molecule has 0 aliphatic heterocycles. The zero-order chi connectivity index (χ0) is 10.9. The molecule has 0 fully saturated rings. The summed E-state index contributed by atoms with van der Waals surface area (Å²) in [5, 5.41) is 9.73. The van der Waals surface area contributed by atoms with Crippen molar-refractivity contribution in [3.05, 3.63) is 11.1 Å². The molecule has 0 aromatic rings. The van der Waals surface area contributed by atoms with Crippen molar-refractivity contribution in [2.75, 3.05) is 6.61 Å². The minimum absolute atomic E-state index is 0.0110. The van der Waals surface area contributed by atoms with Crippen molar-refractivity contribution in [2.45, 2.75) is 32.8 Å². The average Bonchev–Trinajstić information content (AvgIpc) is 2.22. The topological polar surface area (TPSA) is 63.6 Å². The summed E-state index contributed by atoms with van der Waals surface area (Å²) < 4.78 is 4.73. The van der Waals surface area contributed by atoms with Gasteiger partial charge in [0.1, 0.15) is 5.57 Å². The molecule has 0 bridgehead atoms. The van der Waals surface area contributed by atoms with Crippen LogP contribution < -0.4 is 0 Å². The third-order valence-corrected chi connectivity index (χ3v) is 2.45. The van der Waals surface area contributed by atoms with E-state index in [1.54, 1.807) is 13.8 Å². The summed E-state index contributed by atoms with van der Waals surface area (Å²) in [4.78, 5) is 22.7. The number of aliphatic hydroxyl groups is 1. The molecule has 1 rings (SSSR count). The number of carbonyl (C=O) groups is 2. The van der Waals surface area contributed by atoms with E-state index < -0.39 is 11.6 Å². The molecule has 14 heavy (non-hydrogen) atoms. The molecule has 0 amide bonds. The van der Waals surface area contributed by atoms with E-state index in [1.807, 2.05) is 0 Å². The van der Waals surface area contributed by atoms with Gasteiger partial charge in [-0.05, 0) is 26.3 Å². The van der Waals surface area contributed by atoms with Crippen LogP contribution in [0.1, 0.15) is 27.2 Å². The first-order valence-electron chi connectivity index (χ1n) is 4.54. The second-order valence-electron chi connectivity index (χ2n) is 3.59. The van der Waals surface area contributed by atoms with Crippen LogP contribution in [0.3, 0.4) is 0 Å². The molecule has 1 N–H and O–H groups in total. The normalized spacial score (nSPS) is 27.0. The van der Waals surface area contributed by atoms with Crippen LogP contribution in [0.25, 0.3) is 0 Å². The summed E-state index contributed by atoms with van der Waals surface area (Å²) in [5.41, 5.74) is -0.781. The molecule has 0 heterocycles. The van der Waals surface area contributed by atoms with Gasteiger partial charge in [-0.25, -0.2) is 4.79 Å². The number of hydrogen-bond donors (Lipinski definition) is 1. The van der Waals surface area contributed by atoms with Crippen molar-refractivity contribution in [3.8, 4) is 0 Å². The zero-order valence-corrected chi connectivity index (χ0v) is 8.59. The van der Waals surface area contributed by atoms with Crippen molar-refractivity contribution in [3.63, 3.8) is 0 Å². The molecule has 0 aromatic carbocycles. The SMILES string of the molecule is CCOC(=O)C1=C(C)[C@@](C)(O)CC1=O. The van der Waals surface area contributed by atoms with Crippen molar-refractivity contribution in [1.82, 2.24) is 0 Å². The van der Waals surface area contributed by atoms with Crippen LogP contribution in [-0.4, -0.2) is 29.1 Å². The van der Waals surface area contributed by atoms with E-state index >= 15 is 0 Å². The lowest BCUT2D eigenvalue weighted by Gasteiger charge is -2.16. The molecule has 0 spiro atoms. The average molecular weight is 198 g/mol. The van der Waals surface area contributed by atoms with Crippen molar-refractivity contribution in [2.24, 2.45) is 0 Å². The molecular weight excluding hydrogens is 184 g/mol. The Balaban J connectivity index is 3.02.